The average molecular weight is 523 g/mol. The second-order valence-electron chi connectivity index (χ2n) is 8.05. The van der Waals surface area contributed by atoms with E-state index in [1.807, 2.05) is 12.3 Å². The van der Waals surface area contributed by atoms with Crippen molar-refractivity contribution in [2.24, 2.45) is 5.73 Å². The molecule has 4 N–H and O–H groups in total. The molecule has 3 atom stereocenters. The van der Waals surface area contributed by atoms with Gasteiger partial charge < -0.3 is 16.0 Å². The predicted octanol–water partition coefficient (Wildman–Crippen LogP) is 3.09. The van der Waals surface area contributed by atoms with Gasteiger partial charge in [-0.2, -0.15) is 5.10 Å². The summed E-state index contributed by atoms with van der Waals surface area (Å²) in [6, 6.07) is 4.08. The minimum atomic E-state index is -0.737. The van der Waals surface area contributed by atoms with E-state index in [1.54, 1.807) is 17.0 Å². The van der Waals surface area contributed by atoms with Crippen LogP contribution in [-0.4, -0.2) is 51.6 Å². The lowest BCUT2D eigenvalue weighted by Crippen LogP contribution is -2.53. The Bertz CT molecular complexity index is 954. The topological polar surface area (TPSA) is 104 Å². The van der Waals surface area contributed by atoms with Crippen molar-refractivity contribution in [3.63, 3.8) is 0 Å². The number of nitrogens with one attached hydrogen (secondary N) is 2. The van der Waals surface area contributed by atoms with Gasteiger partial charge in [0.2, 0.25) is 11.8 Å². The number of hydrogen-bond acceptors (Lipinski definition) is 4. The van der Waals surface area contributed by atoms with Crippen molar-refractivity contribution in [3.8, 4) is 0 Å². The minimum absolute atomic E-state index is 0. The third-order valence-corrected chi connectivity index (χ3v) is 6.69. The molecule has 7 nitrogen and oxygen atoms in total. The zero-order valence-corrected chi connectivity index (χ0v) is 20.5. The molecule has 1 unspecified atom stereocenters. The number of carbonyl (C=O) groups excluding carboxylic acids is 2. The molecule has 4 rings (SSSR count). The van der Waals surface area contributed by atoms with E-state index in [4.69, 9.17) is 28.9 Å². The summed E-state index contributed by atoms with van der Waals surface area (Å²) in [6.07, 6.45) is 6.12. The van der Waals surface area contributed by atoms with Gasteiger partial charge in [0.15, 0.2) is 0 Å². The molecule has 0 spiro atoms. The van der Waals surface area contributed by atoms with Crippen molar-refractivity contribution < 1.29 is 9.59 Å². The summed E-state index contributed by atoms with van der Waals surface area (Å²) < 4.78 is 0. The molecule has 11 heteroatoms. The fourth-order valence-electron chi connectivity index (χ4n) is 4.36. The second-order valence-corrected chi connectivity index (χ2v) is 8.87. The molecule has 1 aliphatic heterocycles. The van der Waals surface area contributed by atoms with E-state index < -0.39 is 12.1 Å². The Morgan fingerprint density at radius 3 is 2.78 bits per heavy atom. The standard InChI is InChI=1S/C21H25Cl2N5O2.2ClH/c22-15-5-3-12(8-16(15)23)9-17(24)21(30)28-7-1-2-19(28)20(29)26-14-4-6-18-13(10-14)11-25-27-18;;/h3,5,8,11,14,17,19H,1-2,4,6-7,9-10,24H2,(H,25,27)(H,26,29);2*1H/t14?,17-,19+;;/m1../s1. The van der Waals surface area contributed by atoms with Gasteiger partial charge >= 0.3 is 0 Å². The van der Waals surface area contributed by atoms with Crippen LogP contribution in [0.1, 0.15) is 36.1 Å². The lowest BCUT2D eigenvalue weighted by atomic mass is 9.93. The van der Waals surface area contributed by atoms with Crippen LogP contribution in [-0.2, 0) is 28.9 Å². The Morgan fingerprint density at radius 2 is 2.03 bits per heavy atom. The quantitative estimate of drug-likeness (QED) is 0.561. The summed E-state index contributed by atoms with van der Waals surface area (Å²) >= 11 is 12.0. The molecule has 1 fully saturated rings. The number of benzene rings is 1. The number of H-pyrrole nitrogens is 1. The molecular weight excluding hydrogens is 496 g/mol. The van der Waals surface area contributed by atoms with Gasteiger partial charge in [0.05, 0.1) is 21.8 Å². The Kier molecular flexibility index (Phi) is 9.67. The van der Waals surface area contributed by atoms with Gasteiger partial charge in [-0.15, -0.1) is 24.8 Å². The summed E-state index contributed by atoms with van der Waals surface area (Å²) in [5.74, 6) is -0.306. The fraction of sp³-hybridized carbons (Fsp3) is 0.476. The largest absolute Gasteiger partial charge is 0.351 e. The molecule has 1 saturated heterocycles. The van der Waals surface area contributed by atoms with Crippen LogP contribution < -0.4 is 11.1 Å². The number of aromatic amines is 1. The van der Waals surface area contributed by atoms with E-state index in [0.717, 1.165) is 42.5 Å². The smallest absolute Gasteiger partial charge is 0.243 e. The van der Waals surface area contributed by atoms with Gasteiger partial charge in [0.1, 0.15) is 6.04 Å². The second kappa shape index (κ2) is 11.6. The highest BCUT2D eigenvalue weighted by Gasteiger charge is 2.37. The number of rotatable bonds is 5. The van der Waals surface area contributed by atoms with Gasteiger partial charge in [0, 0.05) is 18.8 Å². The van der Waals surface area contributed by atoms with Crippen LogP contribution in [0.3, 0.4) is 0 Å². The monoisotopic (exact) mass is 521 g/mol. The normalized spacial score (nSPS) is 20.5. The highest BCUT2D eigenvalue weighted by atomic mass is 35.5. The molecule has 1 aromatic carbocycles. The van der Waals surface area contributed by atoms with Crippen LogP contribution in [0.2, 0.25) is 10.0 Å². The molecule has 1 aromatic heterocycles. The Morgan fingerprint density at radius 1 is 1.25 bits per heavy atom. The molecular formula is C21H27Cl4N5O2. The highest BCUT2D eigenvalue weighted by molar-refractivity contribution is 6.42. The van der Waals surface area contributed by atoms with E-state index in [-0.39, 0.29) is 42.7 Å². The summed E-state index contributed by atoms with van der Waals surface area (Å²) in [6.45, 7) is 0.544. The summed E-state index contributed by atoms with van der Waals surface area (Å²) in [4.78, 5) is 27.6. The number of likely N-dealkylation sites (tertiary alicyclic amines) is 1. The number of carbonyl (C=O) groups is 2. The predicted molar refractivity (Wildman–Crippen MR) is 130 cm³/mol. The maximum absolute atomic E-state index is 13.0. The number of amides is 2. The lowest BCUT2D eigenvalue weighted by molar-refractivity contribution is -0.139. The zero-order chi connectivity index (χ0) is 21.3. The van der Waals surface area contributed by atoms with Gasteiger partial charge in [0.25, 0.3) is 0 Å². The molecule has 2 aromatic rings. The van der Waals surface area contributed by atoms with Crippen LogP contribution in [0.4, 0.5) is 0 Å². The molecule has 2 heterocycles. The molecule has 1 aliphatic carbocycles. The maximum atomic E-state index is 13.0. The van der Waals surface area contributed by atoms with Crippen molar-refractivity contribution in [1.29, 1.82) is 0 Å². The molecule has 2 amide bonds. The Hall–Kier alpha value is -1.51. The van der Waals surface area contributed by atoms with E-state index in [1.165, 1.54) is 0 Å². The first-order chi connectivity index (χ1) is 14.4. The lowest BCUT2D eigenvalue weighted by Gasteiger charge is -2.29. The Balaban J connectivity index is 0.00000181. The van der Waals surface area contributed by atoms with E-state index in [0.29, 0.717) is 29.4 Å². The summed E-state index contributed by atoms with van der Waals surface area (Å²) in [7, 11) is 0. The van der Waals surface area contributed by atoms with Crippen LogP contribution in [0.25, 0.3) is 0 Å². The van der Waals surface area contributed by atoms with Gasteiger partial charge in [-0.3, -0.25) is 14.7 Å². The van der Waals surface area contributed by atoms with Gasteiger partial charge in [-0.25, -0.2) is 0 Å². The van der Waals surface area contributed by atoms with Crippen molar-refractivity contribution in [2.45, 2.75) is 56.7 Å². The van der Waals surface area contributed by atoms with Gasteiger partial charge in [-0.1, -0.05) is 29.3 Å². The average Bonchev–Trinajstić information content (AvgIpc) is 3.39. The third-order valence-electron chi connectivity index (χ3n) is 5.95. The highest BCUT2D eigenvalue weighted by Crippen LogP contribution is 2.25. The molecule has 0 bridgehead atoms. The molecule has 0 saturated carbocycles. The van der Waals surface area contributed by atoms with E-state index in [2.05, 4.69) is 15.5 Å². The number of aromatic nitrogens is 2. The van der Waals surface area contributed by atoms with Crippen LogP contribution in [0.15, 0.2) is 24.4 Å². The third kappa shape index (κ3) is 5.88. The first kappa shape index (κ1) is 26.7. The minimum Gasteiger partial charge on any atom is -0.351 e. The molecule has 32 heavy (non-hydrogen) atoms. The SMILES string of the molecule is Cl.Cl.N[C@H](Cc1ccc(Cl)c(Cl)c1)C(=O)N1CCC[C@H]1C(=O)NC1CCc2n[nH]cc2C1. The number of nitrogens with zero attached hydrogens (tertiary/aromatic N) is 2. The first-order valence-corrected chi connectivity index (χ1v) is 11.0. The maximum Gasteiger partial charge on any atom is 0.243 e. The number of nitrogens with two attached hydrogens (primary N) is 1. The van der Waals surface area contributed by atoms with Gasteiger partial charge in [-0.05, 0) is 61.8 Å². The summed E-state index contributed by atoms with van der Waals surface area (Å²) in [5, 5.41) is 11.1. The molecule has 0 radical (unpaired) electrons. The van der Waals surface area contributed by atoms with Crippen molar-refractivity contribution in [1.82, 2.24) is 20.4 Å². The van der Waals surface area contributed by atoms with E-state index >= 15 is 0 Å². The number of aryl methyl sites for hydroxylation is 1. The fourth-order valence-corrected chi connectivity index (χ4v) is 4.68. The van der Waals surface area contributed by atoms with Crippen molar-refractivity contribution >= 4 is 59.8 Å². The van der Waals surface area contributed by atoms with Crippen LogP contribution in [0, 0.1) is 0 Å². The van der Waals surface area contributed by atoms with Crippen molar-refractivity contribution in [2.75, 3.05) is 6.54 Å². The summed E-state index contributed by atoms with van der Waals surface area (Å²) in [5.41, 5.74) is 9.26. The number of halogens is 4. The Labute approximate surface area is 209 Å². The van der Waals surface area contributed by atoms with Crippen LogP contribution in [0.5, 0.6) is 0 Å². The van der Waals surface area contributed by atoms with Crippen molar-refractivity contribution in [3.05, 3.63) is 51.3 Å². The molecule has 2 aliphatic rings. The molecule has 176 valence electrons. The first-order valence-electron chi connectivity index (χ1n) is 10.2. The number of fused-ring (bicyclic) bond motifs is 1. The number of hydrogen-bond donors (Lipinski definition) is 3. The van der Waals surface area contributed by atoms with Crippen LogP contribution >= 0.6 is 48.0 Å². The zero-order valence-electron chi connectivity index (χ0n) is 17.4. The van der Waals surface area contributed by atoms with E-state index in [9.17, 15) is 9.59 Å².